The van der Waals surface area contributed by atoms with E-state index in [1.54, 1.807) is 0 Å². The average molecular weight is 632 g/mol. The van der Waals surface area contributed by atoms with Crippen LogP contribution in [0.5, 0.6) is 11.5 Å². The molecule has 3 aromatic rings. The summed E-state index contributed by atoms with van der Waals surface area (Å²) in [6, 6.07) is 8.79. The van der Waals surface area contributed by atoms with E-state index < -0.39 is 53.1 Å². The highest BCUT2D eigenvalue weighted by atomic mass is 19.4. The van der Waals surface area contributed by atoms with Crippen molar-refractivity contribution in [1.29, 1.82) is 0 Å². The number of benzene rings is 2. The lowest BCUT2D eigenvalue weighted by molar-refractivity contribution is -0.265. The quantitative estimate of drug-likeness (QED) is 0.226. The first-order valence-corrected chi connectivity index (χ1v) is 13.7. The number of carbonyl (C=O) groups excluding carboxylic acids is 3. The molecule has 11 nitrogen and oxygen atoms in total. The fourth-order valence-corrected chi connectivity index (χ4v) is 4.77. The monoisotopic (exact) mass is 631 g/mol. The SMILES string of the molecule is COc1ccc(C(=O)NC[C@](O)(c2cc3c(c(-c4ccc(F)cc4)n2)OC[C@]3(C)C(N)=O)C(F)(F)F)cc1NC(=O)NC1CC1. The summed E-state index contributed by atoms with van der Waals surface area (Å²) >= 11 is 0. The van der Waals surface area contributed by atoms with Gasteiger partial charge in [-0.3, -0.25) is 9.59 Å². The van der Waals surface area contributed by atoms with Crippen LogP contribution in [0.3, 0.4) is 0 Å². The predicted octanol–water partition coefficient (Wildman–Crippen LogP) is 3.50. The molecule has 1 aliphatic heterocycles. The van der Waals surface area contributed by atoms with E-state index in [9.17, 15) is 37.1 Å². The second-order valence-electron chi connectivity index (χ2n) is 11.1. The van der Waals surface area contributed by atoms with Gasteiger partial charge in [-0.15, -0.1) is 0 Å². The Morgan fingerprint density at radius 2 is 1.82 bits per heavy atom. The van der Waals surface area contributed by atoms with Gasteiger partial charge in [0.05, 0.1) is 25.0 Å². The van der Waals surface area contributed by atoms with Crippen LogP contribution in [0.2, 0.25) is 0 Å². The van der Waals surface area contributed by atoms with Crippen molar-refractivity contribution < 1.29 is 46.5 Å². The molecule has 4 amide bonds. The number of rotatable bonds is 9. The highest BCUT2D eigenvalue weighted by Gasteiger charge is 2.57. The molecule has 2 aliphatic rings. The maximum Gasteiger partial charge on any atom is 0.424 e. The second kappa shape index (κ2) is 11.5. The van der Waals surface area contributed by atoms with Gasteiger partial charge in [-0.05, 0) is 68.3 Å². The average Bonchev–Trinajstić information content (AvgIpc) is 3.74. The van der Waals surface area contributed by atoms with Crippen molar-refractivity contribution in [3.8, 4) is 22.8 Å². The molecule has 0 radical (unpaired) electrons. The minimum Gasteiger partial charge on any atom is -0.495 e. The number of primary amides is 1. The Kier molecular flexibility index (Phi) is 8.08. The van der Waals surface area contributed by atoms with Crippen LogP contribution in [-0.2, 0) is 15.8 Å². The number of aliphatic hydroxyl groups is 1. The molecule has 1 aromatic heterocycles. The molecule has 2 heterocycles. The molecule has 1 aliphatic carbocycles. The van der Waals surface area contributed by atoms with Crippen molar-refractivity contribution in [3.63, 3.8) is 0 Å². The number of fused-ring (bicyclic) bond motifs is 1. The Hall–Kier alpha value is -4.92. The van der Waals surface area contributed by atoms with Gasteiger partial charge in [-0.1, -0.05) is 0 Å². The number of amides is 4. The van der Waals surface area contributed by atoms with E-state index in [4.69, 9.17) is 15.2 Å². The lowest BCUT2D eigenvalue weighted by atomic mass is 9.81. The summed E-state index contributed by atoms with van der Waals surface area (Å²) in [6.07, 6.45) is -3.74. The first-order valence-electron chi connectivity index (χ1n) is 13.7. The summed E-state index contributed by atoms with van der Waals surface area (Å²) in [5, 5.41) is 18.6. The second-order valence-corrected chi connectivity index (χ2v) is 11.1. The first-order chi connectivity index (χ1) is 21.2. The van der Waals surface area contributed by atoms with Gasteiger partial charge in [0.15, 0.2) is 0 Å². The zero-order valence-corrected chi connectivity index (χ0v) is 24.0. The van der Waals surface area contributed by atoms with Crippen LogP contribution in [0.15, 0.2) is 48.5 Å². The fourth-order valence-electron chi connectivity index (χ4n) is 4.77. The van der Waals surface area contributed by atoms with Crippen molar-refractivity contribution >= 4 is 23.5 Å². The Balaban J connectivity index is 1.50. The first kappa shape index (κ1) is 31.5. The van der Waals surface area contributed by atoms with Crippen LogP contribution >= 0.6 is 0 Å². The number of alkyl halides is 3. The number of nitrogens with zero attached hydrogens (tertiary/aromatic N) is 1. The summed E-state index contributed by atoms with van der Waals surface area (Å²) in [7, 11) is 1.33. The standard InChI is InChI=1S/C30H29F4N5O6/c1-28(26(35)41)14-45-24-19(28)12-22(39-23(24)15-3-6-17(31)7-4-15)29(43,30(32,33)34)13-36-25(40)16-5-10-21(44-2)20(11-16)38-27(42)37-18-8-9-18/h3-7,10-12,18,43H,8-9,13-14H2,1-2H3,(H2,35,41)(H,36,40)(H2,37,38,42)/t28-,29-/m0/s1. The molecule has 0 unspecified atom stereocenters. The number of halogens is 4. The molecule has 15 heteroatoms. The number of nitrogens with two attached hydrogens (primary N) is 1. The zero-order chi connectivity index (χ0) is 32.7. The highest BCUT2D eigenvalue weighted by Crippen LogP contribution is 2.47. The summed E-state index contributed by atoms with van der Waals surface area (Å²) in [5.74, 6) is -2.40. The van der Waals surface area contributed by atoms with Crippen LogP contribution in [-0.4, -0.2) is 60.4 Å². The van der Waals surface area contributed by atoms with Crippen molar-refractivity contribution in [2.75, 3.05) is 25.6 Å². The van der Waals surface area contributed by atoms with E-state index in [1.807, 2.05) is 0 Å². The Labute approximate surface area is 254 Å². The lowest BCUT2D eigenvalue weighted by Gasteiger charge is -2.31. The number of ether oxygens (including phenoxy) is 2. The Morgan fingerprint density at radius 3 is 2.42 bits per heavy atom. The molecule has 0 saturated heterocycles. The van der Waals surface area contributed by atoms with Gasteiger partial charge < -0.3 is 36.3 Å². The third kappa shape index (κ3) is 6.07. The molecule has 238 valence electrons. The van der Waals surface area contributed by atoms with Crippen LogP contribution in [0.4, 0.5) is 28.0 Å². The summed E-state index contributed by atoms with van der Waals surface area (Å²) < 4.78 is 68.5. The number of hydrogen-bond acceptors (Lipinski definition) is 7. The maximum atomic E-state index is 14.7. The predicted molar refractivity (Wildman–Crippen MR) is 152 cm³/mol. The number of anilines is 1. The number of methoxy groups -OCH3 is 1. The largest absolute Gasteiger partial charge is 0.495 e. The minimum absolute atomic E-state index is 0.0336. The molecule has 2 aromatic carbocycles. The number of nitrogens with one attached hydrogen (secondary N) is 3. The van der Waals surface area contributed by atoms with E-state index in [-0.39, 0.29) is 52.2 Å². The molecule has 0 spiro atoms. The van der Waals surface area contributed by atoms with Crippen molar-refractivity contribution in [2.45, 2.75) is 43.0 Å². The zero-order valence-electron chi connectivity index (χ0n) is 24.0. The fraction of sp³-hybridized carbons (Fsp3) is 0.333. The van der Waals surface area contributed by atoms with Gasteiger partial charge in [0.2, 0.25) is 11.5 Å². The van der Waals surface area contributed by atoms with Crippen molar-refractivity contribution in [2.24, 2.45) is 5.73 Å². The van der Waals surface area contributed by atoms with Gasteiger partial charge in [0.1, 0.15) is 35.0 Å². The summed E-state index contributed by atoms with van der Waals surface area (Å²) in [4.78, 5) is 41.8. The molecule has 2 atom stereocenters. The lowest BCUT2D eigenvalue weighted by Crippen LogP contribution is -2.51. The number of carbonyl (C=O) groups is 3. The molecule has 1 fully saturated rings. The third-order valence-electron chi connectivity index (χ3n) is 7.75. The molecule has 0 bridgehead atoms. The van der Waals surface area contributed by atoms with Gasteiger partial charge >= 0.3 is 12.2 Å². The number of pyridine rings is 1. The van der Waals surface area contributed by atoms with Crippen LogP contribution in [0.1, 0.15) is 41.4 Å². The molecule has 1 saturated carbocycles. The van der Waals surface area contributed by atoms with Crippen LogP contribution < -0.4 is 31.2 Å². The van der Waals surface area contributed by atoms with E-state index >= 15 is 0 Å². The molecular formula is C30H29F4N5O6. The maximum absolute atomic E-state index is 14.7. The van der Waals surface area contributed by atoms with Crippen molar-refractivity contribution in [3.05, 3.63) is 71.2 Å². The molecule has 6 N–H and O–H groups in total. The van der Waals surface area contributed by atoms with E-state index in [0.717, 1.165) is 31.0 Å². The smallest absolute Gasteiger partial charge is 0.424 e. The number of urea groups is 1. The van der Waals surface area contributed by atoms with Crippen molar-refractivity contribution in [1.82, 2.24) is 15.6 Å². The van der Waals surface area contributed by atoms with Gasteiger partial charge in [0, 0.05) is 22.7 Å². The molecule has 5 rings (SSSR count). The third-order valence-corrected chi connectivity index (χ3v) is 7.75. The van der Waals surface area contributed by atoms with Gasteiger partial charge in [-0.2, -0.15) is 13.2 Å². The van der Waals surface area contributed by atoms with Crippen LogP contribution in [0.25, 0.3) is 11.3 Å². The number of aromatic nitrogens is 1. The Bertz CT molecular complexity index is 1660. The summed E-state index contributed by atoms with van der Waals surface area (Å²) in [5.41, 5.74) is -0.919. The topological polar surface area (TPSA) is 165 Å². The highest BCUT2D eigenvalue weighted by molar-refractivity contribution is 5.98. The molecule has 45 heavy (non-hydrogen) atoms. The summed E-state index contributed by atoms with van der Waals surface area (Å²) in [6.45, 7) is -0.339. The minimum atomic E-state index is -5.39. The van der Waals surface area contributed by atoms with E-state index in [2.05, 4.69) is 20.9 Å². The van der Waals surface area contributed by atoms with E-state index in [1.165, 1.54) is 44.4 Å². The Morgan fingerprint density at radius 1 is 1.13 bits per heavy atom. The van der Waals surface area contributed by atoms with Gasteiger partial charge in [0.25, 0.3) is 5.91 Å². The van der Waals surface area contributed by atoms with E-state index in [0.29, 0.717) is 0 Å². The molecular weight excluding hydrogens is 602 g/mol. The van der Waals surface area contributed by atoms with Gasteiger partial charge in [-0.25, -0.2) is 14.2 Å². The van der Waals surface area contributed by atoms with Crippen LogP contribution in [0, 0.1) is 5.82 Å². The normalized spacial score (nSPS) is 18.6. The number of hydrogen-bond donors (Lipinski definition) is 5.